The topological polar surface area (TPSA) is 66.9 Å². The number of benzene rings is 1. The third kappa shape index (κ3) is 5.48. The molecule has 0 unspecified atom stereocenters. The van der Waals surface area contributed by atoms with Crippen molar-refractivity contribution in [1.82, 2.24) is 9.21 Å². The Morgan fingerprint density at radius 2 is 1.94 bits per heavy atom. The van der Waals surface area contributed by atoms with E-state index in [4.69, 9.17) is 16.3 Å². The summed E-state index contributed by atoms with van der Waals surface area (Å²) in [6.07, 6.45) is 6.52. The summed E-state index contributed by atoms with van der Waals surface area (Å²) in [5, 5.41) is 0.288. The Morgan fingerprint density at radius 1 is 1.29 bits per heavy atom. The smallest absolute Gasteiger partial charge is 0.252 e. The van der Waals surface area contributed by atoms with Crippen LogP contribution in [-0.4, -0.2) is 60.6 Å². The van der Waals surface area contributed by atoms with Crippen LogP contribution in [0.25, 0.3) is 0 Å². The number of nitrogens with zero attached hydrogens (tertiary/aromatic N) is 2. The number of carbonyl (C=O) groups is 1. The van der Waals surface area contributed by atoms with Gasteiger partial charge in [-0.25, -0.2) is 12.7 Å². The molecule has 2 fully saturated rings. The van der Waals surface area contributed by atoms with E-state index in [2.05, 4.69) is 13.2 Å². The zero-order chi connectivity index (χ0) is 25.0. The first kappa shape index (κ1) is 26.7. The molecule has 8 heteroatoms. The molecule has 1 aliphatic carbocycles. The Morgan fingerprint density at radius 3 is 2.44 bits per heavy atom. The lowest BCUT2D eigenvalue weighted by molar-refractivity contribution is -0.173. The molecule has 1 aromatic carbocycles. The van der Waals surface area contributed by atoms with Gasteiger partial charge in [-0.2, -0.15) is 0 Å². The lowest BCUT2D eigenvalue weighted by Crippen LogP contribution is -2.59. The molecule has 0 radical (unpaired) electrons. The van der Waals surface area contributed by atoms with E-state index in [0.717, 1.165) is 11.1 Å². The number of carbonyl (C=O) groups excluding carboxylic acids is 1. The van der Waals surface area contributed by atoms with E-state index in [0.29, 0.717) is 30.7 Å². The van der Waals surface area contributed by atoms with Gasteiger partial charge in [0.15, 0.2) is 0 Å². The van der Waals surface area contributed by atoms with Crippen molar-refractivity contribution in [2.24, 2.45) is 0 Å². The number of rotatable bonds is 11. The van der Waals surface area contributed by atoms with Crippen LogP contribution in [0.2, 0.25) is 5.02 Å². The molecule has 186 valence electrons. The van der Waals surface area contributed by atoms with Gasteiger partial charge in [-0.05, 0) is 49.5 Å². The summed E-state index contributed by atoms with van der Waals surface area (Å²) in [6.45, 7) is 11.9. The molecular weight excluding hydrogens is 472 g/mol. The quantitative estimate of drug-likeness (QED) is 0.316. The molecule has 0 aromatic heterocycles. The van der Waals surface area contributed by atoms with Crippen LogP contribution < -0.4 is 0 Å². The van der Waals surface area contributed by atoms with Crippen LogP contribution in [0.3, 0.4) is 0 Å². The minimum atomic E-state index is -3.37. The van der Waals surface area contributed by atoms with Crippen LogP contribution in [0.15, 0.2) is 61.2 Å². The summed E-state index contributed by atoms with van der Waals surface area (Å²) < 4.78 is 33.5. The predicted molar refractivity (Wildman–Crippen MR) is 137 cm³/mol. The first-order chi connectivity index (χ1) is 16.2. The van der Waals surface area contributed by atoms with Crippen LogP contribution in [-0.2, 0) is 19.6 Å². The maximum Gasteiger partial charge on any atom is 0.252 e. The van der Waals surface area contributed by atoms with Crippen LogP contribution in [0.4, 0.5) is 0 Å². The van der Waals surface area contributed by atoms with Crippen molar-refractivity contribution in [3.8, 4) is 0 Å². The van der Waals surface area contributed by atoms with Crippen molar-refractivity contribution < 1.29 is 17.9 Å². The molecule has 2 aliphatic rings. The molecule has 1 aromatic rings. The number of ether oxygens (including phenoxy) is 1. The molecule has 1 heterocycles. The van der Waals surface area contributed by atoms with Gasteiger partial charge in [0.25, 0.3) is 5.91 Å². The Kier molecular flexibility index (Phi) is 8.79. The zero-order valence-electron chi connectivity index (χ0n) is 20.2. The summed E-state index contributed by atoms with van der Waals surface area (Å²) in [6, 6.07) is 6.57. The van der Waals surface area contributed by atoms with Crippen LogP contribution in [0.1, 0.15) is 51.1 Å². The van der Waals surface area contributed by atoms with E-state index in [1.807, 2.05) is 37.0 Å². The molecule has 4 atom stereocenters. The molecule has 1 aliphatic heterocycles. The van der Waals surface area contributed by atoms with E-state index >= 15 is 0 Å². The fraction of sp³-hybridized carbons (Fsp3) is 0.500. The number of halogens is 1. The molecule has 1 saturated heterocycles. The van der Waals surface area contributed by atoms with E-state index in [1.54, 1.807) is 31.3 Å². The van der Waals surface area contributed by atoms with Crippen LogP contribution >= 0.6 is 11.6 Å². The molecule has 0 spiro atoms. The van der Waals surface area contributed by atoms with Gasteiger partial charge in [0.1, 0.15) is 12.2 Å². The van der Waals surface area contributed by atoms with Crippen LogP contribution in [0.5, 0.6) is 0 Å². The van der Waals surface area contributed by atoms with E-state index in [9.17, 15) is 13.2 Å². The largest absolute Gasteiger partial charge is 0.358 e. The minimum absolute atomic E-state index is 0.167. The van der Waals surface area contributed by atoms with Gasteiger partial charge in [0.05, 0.1) is 11.3 Å². The normalized spacial score (nSPS) is 24.9. The average Bonchev–Trinajstić information content (AvgIpc) is 3.67. The number of sulfonamides is 1. The Hall–Kier alpha value is -1.93. The van der Waals surface area contributed by atoms with Crippen molar-refractivity contribution in [2.45, 2.75) is 69.1 Å². The van der Waals surface area contributed by atoms with Gasteiger partial charge in [0.2, 0.25) is 10.0 Å². The highest BCUT2D eigenvalue weighted by molar-refractivity contribution is 7.90. The third-order valence-electron chi connectivity index (χ3n) is 6.63. The zero-order valence-corrected chi connectivity index (χ0v) is 21.8. The fourth-order valence-electron chi connectivity index (χ4n) is 4.56. The highest BCUT2D eigenvalue weighted by Gasteiger charge is 2.47. The molecule has 34 heavy (non-hydrogen) atoms. The summed E-state index contributed by atoms with van der Waals surface area (Å²) in [5.74, 6) is -0.167. The van der Waals surface area contributed by atoms with Crippen molar-refractivity contribution in [1.29, 1.82) is 0 Å². The third-order valence-corrected chi connectivity index (χ3v) is 9.21. The summed E-state index contributed by atoms with van der Waals surface area (Å²) in [7, 11) is -1.77. The van der Waals surface area contributed by atoms with Gasteiger partial charge in [-0.1, -0.05) is 55.5 Å². The number of hydrogen-bond acceptors (Lipinski definition) is 4. The minimum Gasteiger partial charge on any atom is -0.358 e. The van der Waals surface area contributed by atoms with Crippen molar-refractivity contribution in [2.75, 3.05) is 13.6 Å². The fourth-order valence-corrected chi connectivity index (χ4v) is 6.31. The highest BCUT2D eigenvalue weighted by Crippen LogP contribution is 2.40. The maximum absolute atomic E-state index is 13.8. The Balaban J connectivity index is 2.09. The van der Waals surface area contributed by atoms with Gasteiger partial charge in [0, 0.05) is 31.1 Å². The van der Waals surface area contributed by atoms with E-state index in [-0.39, 0.29) is 23.7 Å². The van der Waals surface area contributed by atoms with Crippen molar-refractivity contribution in [3.63, 3.8) is 0 Å². The van der Waals surface area contributed by atoms with Crippen molar-refractivity contribution >= 4 is 27.5 Å². The van der Waals surface area contributed by atoms with E-state index in [1.165, 1.54) is 4.31 Å². The second-order valence-electron chi connectivity index (χ2n) is 8.89. The molecule has 0 N–H and O–H groups in total. The standard InChI is InChI=1S/C26H35ClN2O4S/c1-6-10-23-26(30)29(21(9-4)17-28(5)34(31,32)22-15-16-22)24(19-11-13-20(27)14-12-19)25(33-23)18(7-2)8-3/h6-8,11-14,21-25H,1-2,9-10,15-17H2,3-5H3/b18-8+/t21-,23+,24+,25+/m0/s1. The molecule has 6 nitrogen and oxygen atoms in total. The SMILES string of the molecule is C=CC[C@H]1O[C@H](/C(C=C)=C/C)[C@@H](c2ccc(Cl)cc2)N([C@@H](CC)CN(C)S(=O)(=O)C2CC2)C1=O. The lowest BCUT2D eigenvalue weighted by Gasteiger charge is -2.48. The monoisotopic (exact) mass is 506 g/mol. The Bertz CT molecular complexity index is 1030. The summed E-state index contributed by atoms with van der Waals surface area (Å²) in [5.41, 5.74) is 1.73. The Labute approximate surface area is 209 Å². The molecule has 1 amide bonds. The second-order valence-corrected chi connectivity index (χ2v) is 11.6. The number of amides is 1. The second kappa shape index (κ2) is 11.2. The molecule has 1 saturated carbocycles. The predicted octanol–water partition coefficient (Wildman–Crippen LogP) is 4.89. The van der Waals surface area contributed by atoms with Gasteiger partial charge < -0.3 is 9.64 Å². The highest BCUT2D eigenvalue weighted by atomic mass is 35.5. The number of hydrogen-bond donors (Lipinski definition) is 0. The average molecular weight is 507 g/mol. The lowest BCUT2D eigenvalue weighted by atomic mass is 9.89. The van der Waals surface area contributed by atoms with Crippen molar-refractivity contribution in [3.05, 3.63) is 71.8 Å². The van der Waals surface area contributed by atoms with Gasteiger partial charge >= 0.3 is 0 Å². The first-order valence-electron chi connectivity index (χ1n) is 11.8. The summed E-state index contributed by atoms with van der Waals surface area (Å²) >= 11 is 6.15. The number of likely N-dealkylation sites (N-methyl/N-ethyl adjacent to an activating group) is 1. The van der Waals surface area contributed by atoms with Gasteiger partial charge in [-0.3, -0.25) is 4.79 Å². The molecular formula is C26H35ClN2O4S. The van der Waals surface area contributed by atoms with E-state index < -0.39 is 28.3 Å². The first-order valence-corrected chi connectivity index (χ1v) is 13.6. The molecule has 3 rings (SSSR count). The van der Waals surface area contributed by atoms with Crippen LogP contribution in [0, 0.1) is 0 Å². The molecule has 0 bridgehead atoms. The number of morpholine rings is 1. The maximum atomic E-state index is 13.8. The summed E-state index contributed by atoms with van der Waals surface area (Å²) in [4.78, 5) is 15.6. The van der Waals surface area contributed by atoms with Gasteiger partial charge in [-0.15, -0.1) is 6.58 Å². The number of allylic oxidation sites excluding steroid dienone is 1.